The number of allylic oxidation sites excluding steroid dienone is 1. The minimum absolute atomic E-state index is 0.0986. The second-order valence-corrected chi connectivity index (χ2v) is 14.2. The number of aryl methyl sites for hydroxylation is 1. The van der Waals surface area contributed by atoms with Gasteiger partial charge in [-0.2, -0.15) is 10.1 Å². The van der Waals surface area contributed by atoms with E-state index in [0.717, 1.165) is 0 Å². The number of nitrogen functional groups attached to an aromatic ring is 1. The zero-order valence-electron chi connectivity index (χ0n) is 27.8. The fourth-order valence-corrected chi connectivity index (χ4v) is 8.55. The van der Waals surface area contributed by atoms with Crippen molar-refractivity contribution < 1.29 is 29.3 Å². The van der Waals surface area contributed by atoms with Gasteiger partial charge in [-0.15, -0.1) is 0 Å². The van der Waals surface area contributed by atoms with Crippen molar-refractivity contribution in [1.82, 2.24) is 30.4 Å². The van der Waals surface area contributed by atoms with Crippen molar-refractivity contribution in [2.24, 2.45) is 39.7 Å². The fraction of sp³-hybridized carbons (Fsp3) is 0.545. The Morgan fingerprint density at radius 3 is 2.80 bits per heavy atom. The van der Waals surface area contributed by atoms with Crippen molar-refractivity contribution in [3.8, 4) is 0 Å². The summed E-state index contributed by atoms with van der Waals surface area (Å²) in [5.41, 5.74) is 4.53. The van der Waals surface area contributed by atoms with Crippen molar-refractivity contribution in [3.63, 3.8) is 0 Å². The number of aliphatic hydroxyl groups excluding tert-OH is 2. The number of aromatic amines is 1. The number of carbonyl (C=O) groups is 2. The number of aliphatic imine (C=N–C) groups is 2. The largest absolute Gasteiger partial charge is 0.423 e. The number of hydrogen-bond acceptors (Lipinski definition) is 13. The predicted molar refractivity (Wildman–Crippen MR) is 179 cm³/mol. The maximum Gasteiger partial charge on any atom is 0.348 e. The van der Waals surface area contributed by atoms with Crippen molar-refractivity contribution in [2.75, 3.05) is 25.5 Å². The lowest BCUT2D eigenvalue weighted by Gasteiger charge is -2.62. The zero-order valence-corrected chi connectivity index (χ0v) is 27.8. The van der Waals surface area contributed by atoms with E-state index in [1.807, 2.05) is 13.0 Å². The monoisotopic (exact) mass is 675 g/mol. The summed E-state index contributed by atoms with van der Waals surface area (Å²) >= 11 is 0. The first-order valence-corrected chi connectivity index (χ1v) is 16.4. The topological polar surface area (TPSA) is 235 Å². The van der Waals surface area contributed by atoms with Gasteiger partial charge in [0, 0.05) is 36.7 Å². The number of nitrogens with one attached hydrogen (secondary N) is 3. The molecule has 2 aromatic heterocycles. The molecule has 2 aromatic rings. The normalized spacial score (nSPS) is 35.1. The molecule has 3 aliphatic heterocycles. The summed E-state index contributed by atoms with van der Waals surface area (Å²) in [5, 5.41) is 32.9. The van der Waals surface area contributed by atoms with E-state index in [9.17, 15) is 24.6 Å². The number of anilines is 1. The Bertz CT molecular complexity index is 1940. The van der Waals surface area contributed by atoms with Crippen LogP contribution in [0.2, 0.25) is 0 Å². The maximum atomic E-state index is 13.1. The summed E-state index contributed by atoms with van der Waals surface area (Å²) in [6.45, 7) is 6.50. The van der Waals surface area contributed by atoms with Crippen molar-refractivity contribution in [3.05, 3.63) is 45.7 Å². The van der Waals surface area contributed by atoms with Crippen LogP contribution in [0.15, 0.2) is 44.3 Å². The molecule has 2 aliphatic carbocycles. The van der Waals surface area contributed by atoms with Crippen LogP contribution in [0.25, 0.3) is 17.1 Å². The zero-order chi connectivity index (χ0) is 34.9. The summed E-state index contributed by atoms with van der Waals surface area (Å²) in [6.07, 6.45) is 9.53. The number of aliphatic hydroxyl groups is 2. The number of amides is 1. The molecule has 5 unspecified atom stereocenters. The second kappa shape index (κ2) is 11.8. The molecule has 260 valence electrons. The molecule has 1 spiro atoms. The van der Waals surface area contributed by atoms with E-state index in [1.165, 1.54) is 4.68 Å². The molecule has 2 saturated carbocycles. The highest BCUT2D eigenvalue weighted by Gasteiger charge is 2.70. The summed E-state index contributed by atoms with van der Waals surface area (Å²) < 4.78 is 13.3. The number of epoxide rings is 1. The lowest BCUT2D eigenvalue weighted by atomic mass is 9.44. The Balaban J connectivity index is 1.21. The number of hydrogen-bond donors (Lipinski definition) is 6. The molecule has 1 amide bonds. The first-order valence-electron chi connectivity index (χ1n) is 16.4. The number of esters is 1. The van der Waals surface area contributed by atoms with Crippen LogP contribution in [-0.2, 0) is 26.1 Å². The third-order valence-corrected chi connectivity index (χ3v) is 11.3. The molecule has 16 heteroatoms. The van der Waals surface area contributed by atoms with Crippen molar-refractivity contribution >= 4 is 47.0 Å². The Morgan fingerprint density at radius 1 is 1.33 bits per heavy atom. The van der Waals surface area contributed by atoms with Crippen LogP contribution in [0.4, 0.5) is 5.82 Å². The van der Waals surface area contributed by atoms with Gasteiger partial charge in [0.05, 0.1) is 42.9 Å². The van der Waals surface area contributed by atoms with Gasteiger partial charge in [0.1, 0.15) is 22.9 Å². The van der Waals surface area contributed by atoms with Gasteiger partial charge in [-0.05, 0) is 43.6 Å². The molecule has 3 fully saturated rings. The van der Waals surface area contributed by atoms with Crippen molar-refractivity contribution in [2.45, 2.75) is 63.8 Å². The van der Waals surface area contributed by atoms with Crippen LogP contribution in [0.1, 0.15) is 45.7 Å². The molecule has 16 nitrogen and oxygen atoms in total. The van der Waals surface area contributed by atoms with Gasteiger partial charge >= 0.3 is 11.7 Å². The predicted octanol–water partition coefficient (Wildman–Crippen LogP) is 0.0871. The van der Waals surface area contributed by atoms with E-state index in [-0.39, 0.29) is 47.9 Å². The van der Waals surface area contributed by atoms with Crippen molar-refractivity contribution in [1.29, 1.82) is 0 Å². The van der Waals surface area contributed by atoms with E-state index < -0.39 is 40.2 Å². The standard InChI is InChI=1S/C33H41N9O7/c1-16(27(45)40-29-35-9-10-36-29)37-22-13-21-31(2,8-7-23(44)32(21,3)14-43)20(33(22)15-48-33)6-5-17-11-18(49-28(17)46)12-19-24-25(34)38-30(47)39-26(24)42(4)41-19/h5-6,9,11-12,16,20-23,37,43-44H,7-8,10,13-15H2,1-4H3,(H,36,40,45)(H3,34,38,39,47)/b6-5+,18-12+/t16?,20?,21?,22?,23-,31-,32+,33?/m1/s1. The number of ether oxygens (including phenoxy) is 2. The summed E-state index contributed by atoms with van der Waals surface area (Å²) in [4.78, 5) is 52.7. The van der Waals surface area contributed by atoms with E-state index in [4.69, 9.17) is 15.2 Å². The van der Waals surface area contributed by atoms with Crippen LogP contribution in [-0.4, -0.2) is 97.6 Å². The number of rotatable bonds is 7. The average Bonchev–Trinajstić information content (AvgIpc) is 3.32. The number of aromatic nitrogens is 4. The Kier molecular flexibility index (Phi) is 7.97. The Morgan fingerprint density at radius 2 is 2.10 bits per heavy atom. The minimum Gasteiger partial charge on any atom is -0.423 e. The van der Waals surface area contributed by atoms with Gasteiger partial charge in [-0.25, -0.2) is 24.3 Å². The summed E-state index contributed by atoms with van der Waals surface area (Å²) in [5.74, 6) is -0.637. The molecule has 7 rings (SSSR count). The number of carbonyl (C=O) groups excluding carboxylic acids is 2. The Hall–Kier alpha value is -4.51. The molecule has 5 aliphatic rings. The average molecular weight is 676 g/mol. The van der Waals surface area contributed by atoms with Gasteiger partial charge < -0.3 is 30.7 Å². The number of nitrogens with two attached hydrogens (primary N) is 1. The van der Waals surface area contributed by atoms with Crippen LogP contribution in [0, 0.1) is 22.7 Å². The van der Waals surface area contributed by atoms with Gasteiger partial charge in [-0.3, -0.25) is 15.1 Å². The molecule has 0 bridgehead atoms. The molecule has 5 heterocycles. The van der Waals surface area contributed by atoms with Crippen LogP contribution < -0.4 is 22.1 Å². The lowest BCUT2D eigenvalue weighted by molar-refractivity contribution is -0.174. The van der Waals surface area contributed by atoms with E-state index in [1.54, 1.807) is 38.4 Å². The quantitative estimate of drug-likeness (QED) is 0.170. The number of guanidine groups is 1. The molecule has 1 saturated heterocycles. The summed E-state index contributed by atoms with van der Waals surface area (Å²) in [7, 11) is 1.63. The Labute approximate surface area is 281 Å². The number of H-pyrrole nitrogens is 1. The SMILES string of the molecule is CC(NC1CC2[C@](C)(CC[C@@H](O)[C@@]2(C)CO)C(/C=C/C2=CC(=C\c3nn(C)c4nc(=O)[nH]c(N)c34)/OC2=O)C12CO2)C(=O)NC1=NCC=N1. The molecule has 0 aromatic carbocycles. The third-order valence-electron chi connectivity index (χ3n) is 11.3. The molecular weight excluding hydrogens is 634 g/mol. The van der Waals surface area contributed by atoms with Gasteiger partial charge in [0.2, 0.25) is 11.9 Å². The highest BCUT2D eigenvalue weighted by molar-refractivity contribution is 6.04. The molecule has 8 atom stereocenters. The first kappa shape index (κ1) is 33.0. The lowest BCUT2D eigenvalue weighted by Crippen LogP contribution is -2.67. The first-order chi connectivity index (χ1) is 23.3. The third kappa shape index (κ3) is 5.42. The molecule has 7 N–H and O–H groups in total. The number of cyclic esters (lactones) is 1. The highest BCUT2D eigenvalue weighted by atomic mass is 16.6. The van der Waals surface area contributed by atoms with E-state index in [0.29, 0.717) is 54.7 Å². The van der Waals surface area contributed by atoms with Gasteiger partial charge in [0.15, 0.2) is 5.65 Å². The smallest absolute Gasteiger partial charge is 0.348 e. The highest BCUT2D eigenvalue weighted by Crippen LogP contribution is 2.65. The molecule has 49 heavy (non-hydrogen) atoms. The van der Waals surface area contributed by atoms with Crippen LogP contribution in [0.3, 0.4) is 0 Å². The van der Waals surface area contributed by atoms with Crippen LogP contribution in [0.5, 0.6) is 0 Å². The van der Waals surface area contributed by atoms with E-state index >= 15 is 0 Å². The molecule has 0 radical (unpaired) electrons. The van der Waals surface area contributed by atoms with Gasteiger partial charge in [-0.1, -0.05) is 26.0 Å². The number of fused-ring (bicyclic) bond motifs is 2. The van der Waals surface area contributed by atoms with Crippen LogP contribution >= 0.6 is 0 Å². The minimum atomic E-state index is -0.803. The maximum absolute atomic E-state index is 13.1. The number of nitrogens with zero attached hydrogens (tertiary/aromatic N) is 5. The fourth-order valence-electron chi connectivity index (χ4n) is 8.55. The van der Waals surface area contributed by atoms with Gasteiger partial charge in [0.25, 0.3) is 0 Å². The summed E-state index contributed by atoms with van der Waals surface area (Å²) in [6, 6.07) is -0.938. The van der Waals surface area contributed by atoms with E-state index in [2.05, 4.69) is 42.6 Å². The second-order valence-electron chi connectivity index (χ2n) is 14.2. The molecular formula is C33H41N9O7.